The number of hydrogen-bond donors (Lipinski definition) is 1. The van der Waals surface area contributed by atoms with Crippen molar-refractivity contribution in [2.75, 3.05) is 0 Å². The van der Waals surface area contributed by atoms with Gasteiger partial charge >= 0.3 is 5.97 Å². The lowest BCUT2D eigenvalue weighted by atomic mass is 10.0. The minimum absolute atomic E-state index is 0.417. The standard InChI is InChI=1S/C12H13NO2/c13-9-11(12(14)15)8-4-7-10-5-2-1-3-6-10/h1-3,5-6,11H,4,7-8H2,(H,14,15). The van der Waals surface area contributed by atoms with E-state index in [1.165, 1.54) is 5.56 Å². The summed E-state index contributed by atoms with van der Waals surface area (Å²) in [6.07, 6.45) is 1.97. The predicted octanol–water partition coefficient (Wildman–Crippen LogP) is 2.23. The van der Waals surface area contributed by atoms with Crippen molar-refractivity contribution in [1.82, 2.24) is 0 Å². The number of carboxylic acids is 1. The monoisotopic (exact) mass is 203 g/mol. The van der Waals surface area contributed by atoms with E-state index < -0.39 is 11.9 Å². The van der Waals surface area contributed by atoms with E-state index in [0.717, 1.165) is 12.8 Å². The molecule has 0 saturated heterocycles. The van der Waals surface area contributed by atoms with Crippen molar-refractivity contribution in [3.05, 3.63) is 35.9 Å². The Labute approximate surface area is 89.0 Å². The molecule has 0 aliphatic rings. The number of aliphatic carboxylic acids is 1. The first-order valence-electron chi connectivity index (χ1n) is 4.90. The molecule has 1 aromatic carbocycles. The normalized spacial score (nSPS) is 11.7. The number of nitrogens with zero attached hydrogens (tertiary/aromatic N) is 1. The topological polar surface area (TPSA) is 61.1 Å². The average molecular weight is 203 g/mol. The van der Waals surface area contributed by atoms with Crippen LogP contribution in [0, 0.1) is 17.2 Å². The molecule has 0 aliphatic carbocycles. The summed E-state index contributed by atoms with van der Waals surface area (Å²) >= 11 is 0. The first-order chi connectivity index (χ1) is 7.24. The molecule has 78 valence electrons. The summed E-state index contributed by atoms with van der Waals surface area (Å²) in [5.41, 5.74) is 1.18. The summed E-state index contributed by atoms with van der Waals surface area (Å²) in [5.74, 6) is -1.89. The Kier molecular flexibility index (Phi) is 4.36. The van der Waals surface area contributed by atoms with Crippen molar-refractivity contribution in [3.63, 3.8) is 0 Å². The van der Waals surface area contributed by atoms with Crippen LogP contribution >= 0.6 is 0 Å². The molecular formula is C12H13NO2. The van der Waals surface area contributed by atoms with Gasteiger partial charge in [0.05, 0.1) is 6.07 Å². The van der Waals surface area contributed by atoms with Gasteiger partial charge in [-0.15, -0.1) is 0 Å². The van der Waals surface area contributed by atoms with Gasteiger partial charge in [-0.25, -0.2) is 0 Å². The highest BCUT2D eigenvalue weighted by molar-refractivity contribution is 5.72. The summed E-state index contributed by atoms with van der Waals surface area (Å²) < 4.78 is 0. The molecule has 1 N–H and O–H groups in total. The molecule has 0 spiro atoms. The molecule has 1 aromatic rings. The van der Waals surface area contributed by atoms with E-state index in [2.05, 4.69) is 0 Å². The third-order valence-corrected chi connectivity index (χ3v) is 2.26. The predicted molar refractivity (Wildman–Crippen MR) is 56.1 cm³/mol. The quantitative estimate of drug-likeness (QED) is 0.798. The third-order valence-electron chi connectivity index (χ3n) is 2.26. The summed E-state index contributed by atoms with van der Waals surface area (Å²) in [5, 5.41) is 17.2. The molecule has 1 atom stereocenters. The zero-order valence-electron chi connectivity index (χ0n) is 8.39. The van der Waals surface area contributed by atoms with Crippen LogP contribution in [-0.4, -0.2) is 11.1 Å². The van der Waals surface area contributed by atoms with E-state index in [9.17, 15) is 4.79 Å². The number of carbonyl (C=O) groups is 1. The summed E-state index contributed by atoms with van der Waals surface area (Å²) in [7, 11) is 0. The Bertz CT molecular complexity index is 354. The van der Waals surface area contributed by atoms with Crippen molar-refractivity contribution >= 4 is 5.97 Å². The number of aryl methyl sites for hydroxylation is 1. The number of hydrogen-bond acceptors (Lipinski definition) is 2. The maximum atomic E-state index is 10.6. The van der Waals surface area contributed by atoms with Crippen LogP contribution in [0.2, 0.25) is 0 Å². The highest BCUT2D eigenvalue weighted by atomic mass is 16.4. The number of carboxylic acid groups (broad SMARTS) is 1. The molecule has 0 amide bonds. The van der Waals surface area contributed by atoms with Gasteiger partial charge in [-0.2, -0.15) is 5.26 Å². The highest BCUT2D eigenvalue weighted by Crippen LogP contribution is 2.10. The Morgan fingerprint density at radius 2 is 2.07 bits per heavy atom. The minimum Gasteiger partial charge on any atom is -0.480 e. The fourth-order valence-electron chi connectivity index (χ4n) is 1.40. The minimum atomic E-state index is -1.02. The lowest BCUT2D eigenvalue weighted by Crippen LogP contribution is -2.11. The van der Waals surface area contributed by atoms with Crippen molar-refractivity contribution < 1.29 is 9.90 Å². The number of rotatable bonds is 5. The van der Waals surface area contributed by atoms with Crippen LogP contribution in [0.1, 0.15) is 18.4 Å². The van der Waals surface area contributed by atoms with E-state index in [1.54, 1.807) is 6.07 Å². The number of nitriles is 1. The zero-order chi connectivity index (χ0) is 11.1. The van der Waals surface area contributed by atoms with Crippen LogP contribution in [-0.2, 0) is 11.2 Å². The Hall–Kier alpha value is -1.82. The molecule has 3 heteroatoms. The van der Waals surface area contributed by atoms with Gasteiger partial charge in [0.2, 0.25) is 0 Å². The van der Waals surface area contributed by atoms with Crippen LogP contribution in [0.15, 0.2) is 30.3 Å². The smallest absolute Gasteiger partial charge is 0.320 e. The second-order valence-corrected chi connectivity index (χ2v) is 3.40. The van der Waals surface area contributed by atoms with Crippen molar-refractivity contribution in [3.8, 4) is 6.07 Å². The van der Waals surface area contributed by atoms with Gasteiger partial charge in [0.25, 0.3) is 0 Å². The van der Waals surface area contributed by atoms with Crippen LogP contribution in [0.4, 0.5) is 0 Å². The summed E-state index contributed by atoms with van der Waals surface area (Å²) in [4.78, 5) is 10.6. The van der Waals surface area contributed by atoms with Crippen LogP contribution in [0.3, 0.4) is 0 Å². The van der Waals surface area contributed by atoms with Crippen LogP contribution in [0.25, 0.3) is 0 Å². The zero-order valence-corrected chi connectivity index (χ0v) is 8.39. The molecule has 3 nitrogen and oxygen atoms in total. The van der Waals surface area contributed by atoms with E-state index in [0.29, 0.717) is 6.42 Å². The third kappa shape index (κ3) is 3.82. The van der Waals surface area contributed by atoms with Gasteiger partial charge in [0.1, 0.15) is 5.92 Å². The van der Waals surface area contributed by atoms with Crippen molar-refractivity contribution in [2.45, 2.75) is 19.3 Å². The molecule has 0 aliphatic heterocycles. The van der Waals surface area contributed by atoms with Crippen LogP contribution in [0.5, 0.6) is 0 Å². The van der Waals surface area contributed by atoms with Gasteiger partial charge in [0.15, 0.2) is 0 Å². The molecule has 1 unspecified atom stereocenters. The second kappa shape index (κ2) is 5.82. The van der Waals surface area contributed by atoms with E-state index >= 15 is 0 Å². The van der Waals surface area contributed by atoms with Gasteiger partial charge in [-0.05, 0) is 24.8 Å². The van der Waals surface area contributed by atoms with Gasteiger partial charge in [-0.1, -0.05) is 30.3 Å². The second-order valence-electron chi connectivity index (χ2n) is 3.40. The molecule has 0 aromatic heterocycles. The Balaban J connectivity index is 2.34. The molecule has 0 radical (unpaired) electrons. The van der Waals surface area contributed by atoms with Gasteiger partial charge in [-0.3, -0.25) is 4.79 Å². The SMILES string of the molecule is N#CC(CCCc1ccccc1)C(=O)O. The largest absolute Gasteiger partial charge is 0.480 e. The molecule has 0 fully saturated rings. The van der Waals surface area contributed by atoms with E-state index in [4.69, 9.17) is 10.4 Å². The lowest BCUT2D eigenvalue weighted by Gasteiger charge is -2.03. The Morgan fingerprint density at radius 1 is 1.40 bits per heavy atom. The fourth-order valence-corrected chi connectivity index (χ4v) is 1.40. The molecule has 1 rings (SSSR count). The van der Waals surface area contributed by atoms with Crippen LogP contribution < -0.4 is 0 Å². The highest BCUT2D eigenvalue weighted by Gasteiger charge is 2.15. The van der Waals surface area contributed by atoms with E-state index in [1.807, 2.05) is 30.3 Å². The summed E-state index contributed by atoms with van der Waals surface area (Å²) in [6, 6.07) is 11.6. The van der Waals surface area contributed by atoms with Gasteiger partial charge < -0.3 is 5.11 Å². The summed E-state index contributed by atoms with van der Waals surface area (Å²) in [6.45, 7) is 0. The van der Waals surface area contributed by atoms with Gasteiger partial charge in [0, 0.05) is 0 Å². The molecule has 0 bridgehead atoms. The average Bonchev–Trinajstić information content (AvgIpc) is 2.25. The molecule has 0 heterocycles. The van der Waals surface area contributed by atoms with E-state index in [-0.39, 0.29) is 0 Å². The lowest BCUT2D eigenvalue weighted by molar-refractivity contribution is -0.140. The number of benzene rings is 1. The first kappa shape index (κ1) is 11.3. The van der Waals surface area contributed by atoms with Crippen molar-refractivity contribution in [1.29, 1.82) is 5.26 Å². The molecular weight excluding hydrogens is 190 g/mol. The Morgan fingerprint density at radius 3 is 2.60 bits per heavy atom. The van der Waals surface area contributed by atoms with Crippen molar-refractivity contribution in [2.24, 2.45) is 5.92 Å². The fraction of sp³-hybridized carbons (Fsp3) is 0.333. The molecule has 0 saturated carbocycles. The molecule has 15 heavy (non-hydrogen) atoms. The first-order valence-corrected chi connectivity index (χ1v) is 4.90. The maximum Gasteiger partial charge on any atom is 0.320 e. The maximum absolute atomic E-state index is 10.6.